The molecular formula is C28H23FN4O3. The van der Waals surface area contributed by atoms with Crippen molar-refractivity contribution < 1.29 is 19.1 Å². The Balaban J connectivity index is 1.50. The molecule has 8 heteroatoms. The van der Waals surface area contributed by atoms with Crippen molar-refractivity contribution in [1.29, 1.82) is 0 Å². The number of halogens is 1. The number of carboxylic acids is 1. The van der Waals surface area contributed by atoms with E-state index in [1.54, 1.807) is 18.6 Å². The summed E-state index contributed by atoms with van der Waals surface area (Å²) in [4.78, 5) is 28.0. The van der Waals surface area contributed by atoms with E-state index in [9.17, 15) is 14.0 Å². The van der Waals surface area contributed by atoms with Gasteiger partial charge in [-0.15, -0.1) is 0 Å². The number of aryl methyl sites for hydroxylation is 1. The van der Waals surface area contributed by atoms with Crippen molar-refractivity contribution in [3.8, 4) is 0 Å². The van der Waals surface area contributed by atoms with Crippen LogP contribution in [0, 0.1) is 5.82 Å². The quantitative estimate of drug-likeness (QED) is 0.307. The van der Waals surface area contributed by atoms with Crippen LogP contribution < -0.4 is 10.6 Å². The summed E-state index contributed by atoms with van der Waals surface area (Å²) in [6.45, 7) is 0.688. The van der Waals surface area contributed by atoms with Crippen LogP contribution in [0.4, 0.5) is 15.8 Å². The highest BCUT2D eigenvalue weighted by Crippen LogP contribution is 2.38. The molecule has 1 amide bonds. The lowest BCUT2D eigenvalue weighted by Crippen LogP contribution is -2.10. The molecule has 0 bridgehead atoms. The van der Waals surface area contributed by atoms with Gasteiger partial charge >= 0.3 is 5.97 Å². The van der Waals surface area contributed by atoms with Crippen molar-refractivity contribution in [3.05, 3.63) is 114 Å². The first-order valence-electron chi connectivity index (χ1n) is 11.4. The van der Waals surface area contributed by atoms with Crippen molar-refractivity contribution in [3.63, 3.8) is 0 Å². The average molecular weight is 483 g/mol. The minimum atomic E-state index is -0.855. The van der Waals surface area contributed by atoms with E-state index in [4.69, 9.17) is 5.11 Å². The Labute approximate surface area is 206 Å². The van der Waals surface area contributed by atoms with Gasteiger partial charge in [-0.2, -0.15) is 0 Å². The normalized spacial score (nSPS) is 13.8. The van der Waals surface area contributed by atoms with Gasteiger partial charge in [0.2, 0.25) is 0 Å². The van der Waals surface area contributed by atoms with Gasteiger partial charge in [0.1, 0.15) is 5.82 Å². The number of anilines is 2. The number of benzene rings is 3. The molecular weight excluding hydrogens is 459 g/mol. The third-order valence-electron chi connectivity index (χ3n) is 5.99. The molecule has 0 radical (unpaired) electrons. The molecule has 2 heterocycles. The van der Waals surface area contributed by atoms with Gasteiger partial charge in [0.25, 0.3) is 5.91 Å². The first-order chi connectivity index (χ1) is 17.5. The number of rotatable bonds is 8. The topological polar surface area (TPSA) is 96.2 Å². The fraction of sp³-hybridized carbons (Fsp3) is 0.107. The van der Waals surface area contributed by atoms with Crippen molar-refractivity contribution in [1.82, 2.24) is 9.55 Å². The van der Waals surface area contributed by atoms with Gasteiger partial charge in [0.05, 0.1) is 23.3 Å². The Bertz CT molecular complexity index is 1440. The summed E-state index contributed by atoms with van der Waals surface area (Å²) in [7, 11) is 0. The van der Waals surface area contributed by atoms with E-state index in [-0.39, 0.29) is 12.3 Å². The summed E-state index contributed by atoms with van der Waals surface area (Å²) in [5, 5.41) is 15.1. The molecule has 0 unspecified atom stereocenters. The summed E-state index contributed by atoms with van der Waals surface area (Å²) in [5.41, 5.74) is 5.51. The molecule has 0 fully saturated rings. The van der Waals surface area contributed by atoms with Crippen LogP contribution in [0.1, 0.15) is 28.7 Å². The number of aliphatic carboxylic acids is 1. The predicted molar refractivity (Wildman–Crippen MR) is 136 cm³/mol. The van der Waals surface area contributed by atoms with Gasteiger partial charge in [-0.25, -0.2) is 9.37 Å². The van der Waals surface area contributed by atoms with Gasteiger partial charge in [-0.3, -0.25) is 9.59 Å². The average Bonchev–Trinajstić information content (AvgIpc) is 3.49. The van der Waals surface area contributed by atoms with Crippen LogP contribution in [0.15, 0.2) is 85.5 Å². The van der Waals surface area contributed by atoms with Crippen LogP contribution in [0.5, 0.6) is 0 Å². The third-order valence-corrected chi connectivity index (χ3v) is 5.99. The van der Waals surface area contributed by atoms with Gasteiger partial charge in [0, 0.05) is 36.6 Å². The molecule has 5 rings (SSSR count). The second-order valence-electron chi connectivity index (χ2n) is 8.54. The number of aromatic nitrogens is 2. The number of nitrogens with one attached hydrogen (secondary N) is 2. The monoisotopic (exact) mass is 482 g/mol. The lowest BCUT2D eigenvalue weighted by atomic mass is 9.98. The summed E-state index contributed by atoms with van der Waals surface area (Å²) in [5.74, 6) is -1.61. The van der Waals surface area contributed by atoms with Crippen LogP contribution in [-0.2, 0) is 22.6 Å². The van der Waals surface area contributed by atoms with Crippen molar-refractivity contribution in [2.75, 3.05) is 10.6 Å². The molecule has 36 heavy (non-hydrogen) atoms. The molecule has 0 spiro atoms. The summed E-state index contributed by atoms with van der Waals surface area (Å²) in [6, 6.07) is 19.5. The minimum Gasteiger partial charge on any atom is -0.481 e. The lowest BCUT2D eigenvalue weighted by Gasteiger charge is -2.16. The number of imidazole rings is 1. The lowest BCUT2D eigenvalue weighted by molar-refractivity contribution is -0.137. The second kappa shape index (κ2) is 9.87. The van der Waals surface area contributed by atoms with Crippen molar-refractivity contribution in [2.24, 2.45) is 0 Å². The molecule has 1 aliphatic heterocycles. The highest BCUT2D eigenvalue weighted by atomic mass is 19.1. The van der Waals surface area contributed by atoms with Crippen LogP contribution in [-0.4, -0.2) is 26.5 Å². The standard InChI is InChI=1S/C28H23FN4O3/c29-21-8-11-23-24(15-21)32-28(36)26(23)27(20-6-1-18(2-7-20)5-12-25(34)35)31-22-9-3-19(4-10-22)16-33-14-13-30-17-33/h1-4,6-11,13-15,17,31H,5,12,16H2,(H,32,36)(H,34,35). The zero-order valence-electron chi connectivity index (χ0n) is 19.2. The van der Waals surface area contributed by atoms with Crippen LogP contribution in [0.25, 0.3) is 11.3 Å². The van der Waals surface area contributed by atoms with Crippen molar-refractivity contribution in [2.45, 2.75) is 19.4 Å². The minimum absolute atomic E-state index is 0.0400. The summed E-state index contributed by atoms with van der Waals surface area (Å²) >= 11 is 0. The maximum atomic E-state index is 13.8. The van der Waals surface area contributed by atoms with E-state index < -0.39 is 11.8 Å². The zero-order valence-corrected chi connectivity index (χ0v) is 19.2. The molecule has 4 aromatic rings. The van der Waals surface area contributed by atoms with E-state index in [0.717, 1.165) is 22.4 Å². The Hall–Kier alpha value is -4.72. The number of nitrogens with zero attached hydrogens (tertiary/aromatic N) is 2. The van der Waals surface area contributed by atoms with Gasteiger partial charge in [-0.1, -0.05) is 36.4 Å². The number of hydrogen-bond acceptors (Lipinski definition) is 4. The van der Waals surface area contributed by atoms with Crippen LogP contribution in [0.2, 0.25) is 0 Å². The Morgan fingerprint density at radius 3 is 2.47 bits per heavy atom. The smallest absolute Gasteiger partial charge is 0.303 e. The fourth-order valence-corrected chi connectivity index (χ4v) is 4.19. The molecule has 0 saturated heterocycles. The number of carbonyl (C=O) groups excluding carboxylic acids is 1. The molecule has 3 N–H and O–H groups in total. The maximum Gasteiger partial charge on any atom is 0.303 e. The number of carbonyl (C=O) groups is 2. The Kier molecular flexibility index (Phi) is 6.32. The largest absolute Gasteiger partial charge is 0.481 e. The second-order valence-corrected chi connectivity index (χ2v) is 8.54. The highest BCUT2D eigenvalue weighted by molar-refractivity contribution is 6.37. The SMILES string of the molecule is O=C(O)CCc1ccc(C(Nc2ccc(Cn3ccnc3)cc2)=C2C(=O)Nc3cc(F)ccc32)cc1. The molecule has 7 nitrogen and oxygen atoms in total. The first-order valence-corrected chi connectivity index (χ1v) is 11.4. The highest BCUT2D eigenvalue weighted by Gasteiger charge is 2.28. The van der Waals surface area contributed by atoms with E-state index in [2.05, 4.69) is 15.6 Å². The summed E-state index contributed by atoms with van der Waals surface area (Å²) in [6.07, 6.45) is 5.84. The first kappa shape index (κ1) is 23.0. The van der Waals surface area contributed by atoms with E-state index in [1.807, 2.05) is 59.3 Å². The summed E-state index contributed by atoms with van der Waals surface area (Å²) < 4.78 is 15.8. The molecule has 1 aromatic heterocycles. The molecule has 3 aromatic carbocycles. The van der Waals surface area contributed by atoms with E-state index in [0.29, 0.717) is 35.5 Å². The Morgan fingerprint density at radius 2 is 1.78 bits per heavy atom. The molecule has 0 atom stereocenters. The van der Waals surface area contributed by atoms with E-state index >= 15 is 0 Å². The van der Waals surface area contributed by atoms with Gasteiger partial charge < -0.3 is 20.3 Å². The fourth-order valence-electron chi connectivity index (χ4n) is 4.19. The van der Waals surface area contributed by atoms with E-state index in [1.165, 1.54) is 12.1 Å². The Morgan fingerprint density at radius 1 is 1.03 bits per heavy atom. The maximum absolute atomic E-state index is 13.8. The molecule has 0 saturated carbocycles. The number of hydrogen-bond donors (Lipinski definition) is 3. The van der Waals surface area contributed by atoms with Gasteiger partial charge in [-0.05, 0) is 53.4 Å². The third kappa shape index (κ3) is 5.02. The number of carboxylic acid groups (broad SMARTS) is 1. The number of amides is 1. The predicted octanol–water partition coefficient (Wildman–Crippen LogP) is 5.02. The van der Waals surface area contributed by atoms with Crippen molar-refractivity contribution >= 4 is 34.5 Å². The zero-order chi connectivity index (χ0) is 25.1. The van der Waals surface area contributed by atoms with Crippen LogP contribution >= 0.6 is 0 Å². The molecule has 180 valence electrons. The number of fused-ring (bicyclic) bond motifs is 1. The molecule has 0 aliphatic carbocycles. The van der Waals surface area contributed by atoms with Gasteiger partial charge in [0.15, 0.2) is 0 Å². The molecule has 1 aliphatic rings. The van der Waals surface area contributed by atoms with Crippen LogP contribution in [0.3, 0.4) is 0 Å².